The molecule has 2 aliphatic rings. The first-order valence-corrected chi connectivity index (χ1v) is 17.4. The summed E-state index contributed by atoms with van der Waals surface area (Å²) in [5, 5.41) is 3.88. The number of aryl methyl sites for hydroxylation is 1. The lowest BCUT2D eigenvalue weighted by atomic mass is 9.85. The number of hydrogen-bond acceptors (Lipinski definition) is 3. The van der Waals surface area contributed by atoms with Crippen molar-refractivity contribution in [3.63, 3.8) is 0 Å². The van der Waals surface area contributed by atoms with Gasteiger partial charge in [-0.1, -0.05) is 140 Å². The molecule has 1 aromatic heterocycles. The van der Waals surface area contributed by atoms with Crippen LogP contribution >= 0.6 is 11.3 Å². The average molecular weight is 633 g/mol. The van der Waals surface area contributed by atoms with Gasteiger partial charge in [-0.15, -0.1) is 11.3 Å². The molecular formula is C45H32N2S. The minimum Gasteiger partial charge on any atom is -0.278 e. The second kappa shape index (κ2) is 12.2. The Bertz CT molecular complexity index is 2460. The summed E-state index contributed by atoms with van der Waals surface area (Å²) in [6, 6.07) is 52.2. The van der Waals surface area contributed by atoms with Crippen LogP contribution in [0, 0.1) is 0 Å². The maximum Gasteiger partial charge on any atom is 0.0825 e. The molecule has 0 amide bonds. The number of thiophene rings is 1. The van der Waals surface area contributed by atoms with E-state index in [4.69, 9.17) is 9.98 Å². The van der Waals surface area contributed by atoms with E-state index in [-0.39, 0.29) is 0 Å². The number of allylic oxidation sites excluding steroid dienone is 2. The van der Waals surface area contributed by atoms with Crippen LogP contribution in [0.1, 0.15) is 39.8 Å². The molecule has 0 radical (unpaired) electrons. The topological polar surface area (TPSA) is 24.7 Å². The summed E-state index contributed by atoms with van der Waals surface area (Å²) >= 11 is 1.90. The van der Waals surface area contributed by atoms with Gasteiger partial charge in [0.15, 0.2) is 0 Å². The Morgan fingerprint density at radius 1 is 0.583 bits per heavy atom. The minimum absolute atomic E-state index is 0.510. The molecule has 0 fully saturated rings. The molecule has 0 saturated carbocycles. The van der Waals surface area contributed by atoms with Crippen molar-refractivity contribution < 1.29 is 0 Å². The van der Waals surface area contributed by atoms with Crippen LogP contribution in [0.2, 0.25) is 0 Å². The van der Waals surface area contributed by atoms with Gasteiger partial charge in [-0.25, -0.2) is 0 Å². The Labute approximate surface area is 284 Å². The molecule has 0 spiro atoms. The first kappa shape index (κ1) is 28.6. The highest BCUT2D eigenvalue weighted by molar-refractivity contribution is 7.22. The molecule has 228 valence electrons. The van der Waals surface area contributed by atoms with Gasteiger partial charge < -0.3 is 0 Å². The van der Waals surface area contributed by atoms with Crippen molar-refractivity contribution in [3.05, 3.63) is 191 Å². The number of benzene rings is 6. The third kappa shape index (κ3) is 5.13. The van der Waals surface area contributed by atoms with Crippen LogP contribution in [0.3, 0.4) is 0 Å². The highest BCUT2D eigenvalue weighted by atomic mass is 32.1. The molecule has 0 atom stereocenters. The van der Waals surface area contributed by atoms with E-state index in [2.05, 4.69) is 152 Å². The molecule has 0 N–H and O–H groups in total. The van der Waals surface area contributed by atoms with E-state index in [9.17, 15) is 0 Å². The summed E-state index contributed by atoms with van der Waals surface area (Å²) in [5.74, 6) is 0. The second-order valence-electron chi connectivity index (χ2n) is 12.4. The lowest BCUT2D eigenvalue weighted by molar-refractivity contribution is 1.00. The van der Waals surface area contributed by atoms with Gasteiger partial charge in [0.05, 0.1) is 23.7 Å². The number of aliphatic imine (C=N–C) groups is 2. The van der Waals surface area contributed by atoms with E-state index < -0.39 is 0 Å². The summed E-state index contributed by atoms with van der Waals surface area (Å²) in [6.45, 7) is 0.510. The first-order chi connectivity index (χ1) is 23.8. The molecule has 7 aromatic rings. The third-order valence-electron chi connectivity index (χ3n) is 9.46. The van der Waals surface area contributed by atoms with E-state index in [1.165, 1.54) is 53.6 Å². The Balaban J connectivity index is 1.22. The normalized spacial score (nSPS) is 15.6. The monoisotopic (exact) mass is 632 g/mol. The zero-order valence-electron chi connectivity index (χ0n) is 26.4. The standard InChI is InChI=1S/C45H32N2S/c1-3-14-32(15-4-1)40-28-41(33-16-5-2-6-17-33)47-42(29-46-40)34-26-25-31-19-12-23-37(36-22-11-18-30-13-7-8-20-35(30)36)44-38-21-9-10-24-43(38)48-45(44)39(31)27-34/h1-11,13-18,20-28H,12,19,29H2/b37-23-. The number of fused-ring (bicyclic) bond motifs is 6. The summed E-state index contributed by atoms with van der Waals surface area (Å²) in [5.41, 5.74) is 12.8. The molecule has 3 heteroatoms. The molecule has 2 nitrogen and oxygen atoms in total. The van der Waals surface area contributed by atoms with Gasteiger partial charge in [-0.05, 0) is 75.2 Å². The Morgan fingerprint density at radius 2 is 1.31 bits per heavy atom. The van der Waals surface area contributed by atoms with E-state index in [0.717, 1.165) is 46.7 Å². The summed E-state index contributed by atoms with van der Waals surface area (Å²) in [4.78, 5) is 11.8. The molecule has 0 bridgehead atoms. The molecule has 6 aromatic carbocycles. The largest absolute Gasteiger partial charge is 0.278 e. The average Bonchev–Trinajstić information content (AvgIpc) is 3.36. The van der Waals surface area contributed by atoms with Gasteiger partial charge in [0.2, 0.25) is 0 Å². The van der Waals surface area contributed by atoms with Crippen molar-refractivity contribution in [3.8, 4) is 10.4 Å². The van der Waals surface area contributed by atoms with Gasteiger partial charge >= 0.3 is 0 Å². The number of hydrogen-bond donors (Lipinski definition) is 0. The first-order valence-electron chi connectivity index (χ1n) is 16.6. The molecular weight excluding hydrogens is 601 g/mol. The SMILES string of the molecule is C1=C(c2ccccc2)N=C(c2ccc3c(c2)-c2sc4ccccc4c2/C(c2cccc4ccccc24)=C\CC3)CN=C1c1ccccc1. The van der Waals surface area contributed by atoms with Crippen molar-refractivity contribution in [1.29, 1.82) is 0 Å². The third-order valence-corrected chi connectivity index (χ3v) is 10.7. The summed E-state index contributed by atoms with van der Waals surface area (Å²) < 4.78 is 1.31. The van der Waals surface area contributed by atoms with Gasteiger partial charge in [-0.2, -0.15) is 0 Å². The van der Waals surface area contributed by atoms with Crippen molar-refractivity contribution >= 4 is 54.9 Å². The minimum atomic E-state index is 0.510. The molecule has 1 aliphatic heterocycles. The van der Waals surface area contributed by atoms with Crippen molar-refractivity contribution in [1.82, 2.24) is 0 Å². The van der Waals surface area contributed by atoms with Crippen molar-refractivity contribution in [2.24, 2.45) is 9.98 Å². The maximum atomic E-state index is 5.33. The van der Waals surface area contributed by atoms with Crippen LogP contribution in [0.5, 0.6) is 0 Å². The molecule has 2 heterocycles. The fourth-order valence-corrected chi connectivity index (χ4v) is 8.38. The quantitative estimate of drug-likeness (QED) is 0.184. The van der Waals surface area contributed by atoms with Gasteiger partial charge in [0.25, 0.3) is 0 Å². The fourth-order valence-electron chi connectivity index (χ4n) is 7.11. The fraction of sp³-hybridized carbons (Fsp3) is 0.0667. The number of rotatable bonds is 4. The van der Waals surface area contributed by atoms with Gasteiger partial charge in [-0.3, -0.25) is 9.98 Å². The Morgan fingerprint density at radius 3 is 2.17 bits per heavy atom. The highest BCUT2D eigenvalue weighted by Crippen LogP contribution is 2.48. The van der Waals surface area contributed by atoms with E-state index in [1.54, 1.807) is 0 Å². The maximum absolute atomic E-state index is 5.33. The van der Waals surface area contributed by atoms with Crippen LogP contribution in [-0.2, 0) is 6.42 Å². The predicted molar refractivity (Wildman–Crippen MR) is 205 cm³/mol. The lowest BCUT2D eigenvalue weighted by Crippen LogP contribution is -2.08. The second-order valence-corrected chi connectivity index (χ2v) is 13.4. The van der Waals surface area contributed by atoms with Crippen LogP contribution in [0.15, 0.2) is 168 Å². The van der Waals surface area contributed by atoms with Crippen LogP contribution in [0.25, 0.3) is 42.6 Å². The van der Waals surface area contributed by atoms with Crippen LogP contribution in [-0.4, -0.2) is 18.0 Å². The zero-order valence-corrected chi connectivity index (χ0v) is 27.3. The highest BCUT2D eigenvalue weighted by Gasteiger charge is 2.24. The molecule has 48 heavy (non-hydrogen) atoms. The smallest absolute Gasteiger partial charge is 0.0825 e. The van der Waals surface area contributed by atoms with Crippen molar-refractivity contribution in [2.45, 2.75) is 12.8 Å². The van der Waals surface area contributed by atoms with Gasteiger partial charge in [0, 0.05) is 26.1 Å². The summed E-state index contributed by atoms with van der Waals surface area (Å²) in [6.07, 6.45) is 6.57. The molecule has 0 unspecified atom stereocenters. The van der Waals surface area contributed by atoms with Crippen LogP contribution in [0.4, 0.5) is 0 Å². The Kier molecular flexibility index (Phi) is 7.25. The number of nitrogens with zero attached hydrogens (tertiary/aromatic N) is 2. The summed E-state index contributed by atoms with van der Waals surface area (Å²) in [7, 11) is 0. The van der Waals surface area contributed by atoms with E-state index in [0.29, 0.717) is 6.54 Å². The molecule has 1 aliphatic carbocycles. The van der Waals surface area contributed by atoms with E-state index >= 15 is 0 Å². The van der Waals surface area contributed by atoms with Crippen LogP contribution < -0.4 is 0 Å². The van der Waals surface area contributed by atoms with Crippen molar-refractivity contribution in [2.75, 3.05) is 6.54 Å². The predicted octanol–water partition coefficient (Wildman–Crippen LogP) is 11.4. The zero-order chi connectivity index (χ0) is 31.9. The van der Waals surface area contributed by atoms with E-state index in [1.807, 2.05) is 17.4 Å². The molecule has 9 rings (SSSR count). The lowest BCUT2D eigenvalue weighted by Gasteiger charge is -2.19. The Hall–Kier alpha value is -5.64. The van der Waals surface area contributed by atoms with Gasteiger partial charge in [0.1, 0.15) is 0 Å². The molecule has 0 saturated heterocycles.